The number of cyclic esters (lactones) is 1. The van der Waals surface area contributed by atoms with Gasteiger partial charge in [0.1, 0.15) is 30.0 Å². The Balaban J connectivity index is 1.66. The van der Waals surface area contributed by atoms with Gasteiger partial charge < -0.3 is 25.2 Å². The molecule has 4 bridgehead atoms. The van der Waals surface area contributed by atoms with Gasteiger partial charge in [-0.3, -0.25) is 24.2 Å². The number of fused-ring (bicyclic) bond motifs is 4. The average Bonchev–Trinajstić information content (AvgIpc) is 3.05. The largest absolute Gasteiger partial charge is 0.508 e. The number of hydrazine groups is 1. The third-order valence-electron chi connectivity index (χ3n) is 8.82. The van der Waals surface area contributed by atoms with Gasteiger partial charge in [-0.1, -0.05) is 63.3 Å². The zero-order valence-corrected chi connectivity index (χ0v) is 27.9. The van der Waals surface area contributed by atoms with E-state index in [1.807, 2.05) is 57.2 Å². The number of rotatable bonds is 4. The van der Waals surface area contributed by atoms with E-state index in [9.17, 15) is 24.3 Å². The Morgan fingerprint density at radius 3 is 2.49 bits per heavy atom. The van der Waals surface area contributed by atoms with Gasteiger partial charge in [0.2, 0.25) is 11.8 Å². The molecule has 47 heavy (non-hydrogen) atoms. The van der Waals surface area contributed by atoms with Crippen LogP contribution in [0, 0.1) is 11.8 Å². The minimum absolute atomic E-state index is 0.0303. The quantitative estimate of drug-likeness (QED) is 0.366. The molecule has 4 N–H and O–H groups in total. The Morgan fingerprint density at radius 2 is 1.77 bits per heavy atom. The first-order valence-corrected chi connectivity index (χ1v) is 16.4. The van der Waals surface area contributed by atoms with Crippen molar-refractivity contribution in [2.24, 2.45) is 11.8 Å². The molecule has 2 aliphatic rings. The number of methoxy groups -OCH3 is 1. The minimum atomic E-state index is -1.06. The van der Waals surface area contributed by atoms with Crippen molar-refractivity contribution in [3.8, 4) is 5.75 Å². The predicted molar refractivity (Wildman–Crippen MR) is 178 cm³/mol. The SMILES string of the molecule is CO[C@@H]1CC/C=C/c2cccc(c2)[C@@H](C)OC(=O)[C@@H]2CCCN(N2)C(=O)[C@H](Cc2cccc(O)c2)NC(=O)[C@H](C(C)C)NC(=O)[C@@H]1C. The van der Waals surface area contributed by atoms with Crippen LogP contribution in [0.15, 0.2) is 54.6 Å². The Morgan fingerprint density at radius 1 is 1.00 bits per heavy atom. The molecular formula is C36H48N4O7. The molecular weight excluding hydrogens is 600 g/mol. The van der Waals surface area contributed by atoms with Crippen molar-refractivity contribution in [1.29, 1.82) is 0 Å². The topological polar surface area (TPSA) is 146 Å². The van der Waals surface area contributed by atoms with E-state index < -0.39 is 54.0 Å². The highest BCUT2D eigenvalue weighted by Gasteiger charge is 2.36. The summed E-state index contributed by atoms with van der Waals surface area (Å²) in [6.07, 6.45) is 5.43. The van der Waals surface area contributed by atoms with Crippen LogP contribution >= 0.6 is 0 Å². The number of benzene rings is 2. The fourth-order valence-electron chi connectivity index (χ4n) is 5.96. The predicted octanol–water partition coefficient (Wildman–Crippen LogP) is 3.82. The number of nitrogens with zero attached hydrogens (tertiary/aromatic N) is 1. The number of phenols is 1. The summed E-state index contributed by atoms with van der Waals surface area (Å²) in [6.45, 7) is 7.55. The maximum atomic E-state index is 14.0. The van der Waals surface area contributed by atoms with Gasteiger partial charge in [0, 0.05) is 20.1 Å². The second-order valence-corrected chi connectivity index (χ2v) is 12.8. The van der Waals surface area contributed by atoms with E-state index in [-0.39, 0.29) is 24.0 Å². The highest BCUT2D eigenvalue weighted by molar-refractivity contribution is 5.93. The highest BCUT2D eigenvalue weighted by atomic mass is 16.5. The second-order valence-electron chi connectivity index (χ2n) is 12.8. The number of ether oxygens (including phenoxy) is 2. The number of carbonyl (C=O) groups is 4. The van der Waals surface area contributed by atoms with E-state index in [1.165, 1.54) is 17.1 Å². The van der Waals surface area contributed by atoms with Gasteiger partial charge in [-0.15, -0.1) is 0 Å². The summed E-state index contributed by atoms with van der Waals surface area (Å²) in [5, 5.41) is 17.2. The smallest absolute Gasteiger partial charge is 0.325 e. The van der Waals surface area contributed by atoms with Crippen molar-refractivity contribution < 1.29 is 33.8 Å². The van der Waals surface area contributed by atoms with Crippen LogP contribution in [0.3, 0.4) is 0 Å². The lowest BCUT2D eigenvalue weighted by molar-refractivity contribution is -0.157. The molecule has 0 spiro atoms. The molecule has 1 fully saturated rings. The van der Waals surface area contributed by atoms with E-state index in [4.69, 9.17) is 9.47 Å². The fourth-order valence-corrected chi connectivity index (χ4v) is 5.96. The molecule has 0 aliphatic carbocycles. The van der Waals surface area contributed by atoms with E-state index >= 15 is 0 Å². The summed E-state index contributed by atoms with van der Waals surface area (Å²) in [7, 11) is 1.57. The van der Waals surface area contributed by atoms with Crippen LogP contribution in [-0.2, 0) is 35.1 Å². The number of hydrogen-bond donors (Lipinski definition) is 4. The Hall–Kier alpha value is -4.22. The van der Waals surface area contributed by atoms with Crippen molar-refractivity contribution in [3.05, 3.63) is 71.3 Å². The number of nitrogens with one attached hydrogen (secondary N) is 3. The number of carbonyl (C=O) groups excluding carboxylic acids is 4. The van der Waals surface area contributed by atoms with Gasteiger partial charge in [-0.25, -0.2) is 5.43 Å². The summed E-state index contributed by atoms with van der Waals surface area (Å²) in [6, 6.07) is 11.5. The van der Waals surface area contributed by atoms with E-state index in [0.29, 0.717) is 37.8 Å². The molecule has 11 heteroatoms. The zero-order valence-electron chi connectivity index (χ0n) is 27.9. The van der Waals surface area contributed by atoms with Crippen molar-refractivity contribution in [3.63, 3.8) is 0 Å². The number of esters is 1. The average molecular weight is 649 g/mol. The van der Waals surface area contributed by atoms with Crippen LogP contribution in [0.1, 0.15) is 76.2 Å². The first kappa shape index (κ1) is 35.6. The monoisotopic (exact) mass is 648 g/mol. The van der Waals surface area contributed by atoms with Crippen LogP contribution in [-0.4, -0.2) is 71.7 Å². The first-order valence-electron chi connectivity index (χ1n) is 16.4. The molecule has 0 unspecified atom stereocenters. The number of aromatic hydroxyl groups is 1. The van der Waals surface area contributed by atoms with Crippen molar-refractivity contribution in [2.45, 2.75) is 90.1 Å². The van der Waals surface area contributed by atoms with E-state index in [0.717, 1.165) is 11.1 Å². The van der Waals surface area contributed by atoms with Crippen molar-refractivity contribution in [2.75, 3.05) is 13.7 Å². The fraction of sp³-hybridized carbons (Fsp3) is 0.500. The number of allylic oxidation sites excluding steroid dienone is 1. The molecule has 2 aliphatic heterocycles. The lowest BCUT2D eigenvalue weighted by Gasteiger charge is -2.36. The van der Waals surface area contributed by atoms with Gasteiger partial charge in [-0.05, 0) is 73.4 Å². The summed E-state index contributed by atoms with van der Waals surface area (Å²) < 4.78 is 11.5. The van der Waals surface area contributed by atoms with E-state index in [1.54, 1.807) is 26.2 Å². The molecule has 1 saturated heterocycles. The lowest BCUT2D eigenvalue weighted by atomic mass is 9.96. The van der Waals surface area contributed by atoms with Crippen LogP contribution in [0.4, 0.5) is 0 Å². The highest BCUT2D eigenvalue weighted by Crippen LogP contribution is 2.23. The van der Waals surface area contributed by atoms with Gasteiger partial charge in [0.25, 0.3) is 5.91 Å². The second kappa shape index (κ2) is 16.6. The van der Waals surface area contributed by atoms with Crippen LogP contribution in [0.2, 0.25) is 0 Å². The van der Waals surface area contributed by atoms with Crippen molar-refractivity contribution >= 4 is 29.8 Å². The maximum absolute atomic E-state index is 14.0. The van der Waals surface area contributed by atoms with Crippen molar-refractivity contribution in [1.82, 2.24) is 21.1 Å². The molecule has 254 valence electrons. The number of amides is 3. The minimum Gasteiger partial charge on any atom is -0.508 e. The number of hydrogen-bond acceptors (Lipinski definition) is 8. The standard InChI is InChI=1S/C36H48N4O7/c1-22(2)32-34(43)37-30(21-26-13-9-15-28(41)20-26)35(44)40-18-10-16-29(39-40)36(45)47-24(4)27-14-8-12-25(19-27)11-6-7-17-31(46-5)23(3)33(42)38-32/h6,8-9,11-15,19-20,22-24,29-32,39,41H,7,10,16-18,21H2,1-5H3,(H,37,43)(H,38,42)/b11-6+/t23-,24-,29+,30+,31-,32+/m1/s1. The van der Waals surface area contributed by atoms with Crippen LogP contribution in [0.25, 0.3) is 6.08 Å². The van der Waals surface area contributed by atoms with Crippen LogP contribution < -0.4 is 16.1 Å². The Labute approximate surface area is 277 Å². The summed E-state index contributed by atoms with van der Waals surface area (Å²) in [5.74, 6) is -2.57. The molecule has 0 radical (unpaired) electrons. The summed E-state index contributed by atoms with van der Waals surface area (Å²) in [4.78, 5) is 54.5. The Kier molecular flexibility index (Phi) is 12.6. The van der Waals surface area contributed by atoms with Gasteiger partial charge in [0.15, 0.2) is 0 Å². The summed E-state index contributed by atoms with van der Waals surface area (Å²) in [5.41, 5.74) is 5.44. The first-order chi connectivity index (χ1) is 22.5. The molecule has 4 rings (SSSR count). The molecule has 2 aromatic rings. The normalized spacial score (nSPS) is 27.6. The molecule has 3 amide bonds. The number of phenolic OH excluding ortho intramolecular Hbond substituents is 1. The molecule has 2 heterocycles. The molecule has 0 saturated carbocycles. The van der Waals surface area contributed by atoms with Gasteiger partial charge in [-0.2, -0.15) is 0 Å². The van der Waals surface area contributed by atoms with Gasteiger partial charge >= 0.3 is 5.97 Å². The maximum Gasteiger partial charge on any atom is 0.325 e. The molecule has 2 aromatic carbocycles. The molecule has 11 nitrogen and oxygen atoms in total. The Bertz CT molecular complexity index is 1440. The zero-order chi connectivity index (χ0) is 34.1. The lowest BCUT2D eigenvalue weighted by Crippen LogP contribution is -2.62. The van der Waals surface area contributed by atoms with E-state index in [2.05, 4.69) is 16.1 Å². The van der Waals surface area contributed by atoms with Crippen LogP contribution in [0.5, 0.6) is 5.75 Å². The molecule has 6 atom stereocenters. The third-order valence-corrected chi connectivity index (χ3v) is 8.82. The third kappa shape index (κ3) is 9.65. The van der Waals surface area contributed by atoms with Gasteiger partial charge in [0.05, 0.1) is 12.0 Å². The molecule has 0 aromatic heterocycles. The summed E-state index contributed by atoms with van der Waals surface area (Å²) >= 11 is 0.